The van der Waals surface area contributed by atoms with E-state index in [1.165, 1.54) is 12.1 Å². The smallest absolute Gasteiger partial charge is 0.222 e. The molecule has 2 rings (SSSR count). The fraction of sp³-hybridized carbons (Fsp3) is 0.0833. The van der Waals surface area contributed by atoms with E-state index in [0.717, 1.165) is 10.0 Å². The molecule has 2 N–H and O–H groups in total. The molecule has 0 aliphatic carbocycles. The number of nitrogens with zero attached hydrogens (tertiary/aromatic N) is 1. The first-order chi connectivity index (χ1) is 8.06. The largest absolute Gasteiger partial charge is 0.439 e. The van der Waals surface area contributed by atoms with Gasteiger partial charge in [0.25, 0.3) is 0 Å². The number of hydrogen-bond acceptors (Lipinski definition) is 3. The summed E-state index contributed by atoms with van der Waals surface area (Å²) in [4.78, 5) is 4.10. The highest BCUT2D eigenvalue weighted by Crippen LogP contribution is 2.26. The van der Waals surface area contributed by atoms with Crippen LogP contribution in [-0.2, 0) is 0 Å². The average Bonchev–Trinajstić information content (AvgIpc) is 2.27. The molecular formula is C12H10BrFN2O. The third-order valence-corrected chi connectivity index (χ3v) is 2.62. The number of anilines is 1. The molecule has 0 bridgehead atoms. The van der Waals surface area contributed by atoms with Crippen LogP contribution in [0, 0.1) is 12.7 Å². The van der Waals surface area contributed by atoms with Crippen molar-refractivity contribution in [3.8, 4) is 11.6 Å². The minimum Gasteiger partial charge on any atom is -0.439 e. The van der Waals surface area contributed by atoms with Gasteiger partial charge in [-0.3, -0.25) is 0 Å². The molecule has 0 spiro atoms. The third-order valence-electron chi connectivity index (χ3n) is 2.18. The summed E-state index contributed by atoms with van der Waals surface area (Å²) in [5.74, 6) is 0.309. The van der Waals surface area contributed by atoms with Crippen molar-refractivity contribution in [2.75, 3.05) is 5.73 Å². The van der Waals surface area contributed by atoms with E-state index in [-0.39, 0.29) is 5.69 Å². The minimum atomic E-state index is -0.503. The van der Waals surface area contributed by atoms with Crippen LogP contribution in [0.5, 0.6) is 11.6 Å². The van der Waals surface area contributed by atoms with Gasteiger partial charge in [0.05, 0.1) is 5.69 Å². The summed E-state index contributed by atoms with van der Waals surface area (Å²) >= 11 is 3.31. The average molecular weight is 297 g/mol. The fourth-order valence-electron chi connectivity index (χ4n) is 1.32. The van der Waals surface area contributed by atoms with Crippen LogP contribution in [0.25, 0.3) is 0 Å². The van der Waals surface area contributed by atoms with E-state index in [2.05, 4.69) is 20.9 Å². The Bertz CT molecular complexity index is 560. The van der Waals surface area contributed by atoms with Crippen LogP contribution in [0.15, 0.2) is 34.9 Å². The molecule has 0 fully saturated rings. The Labute approximate surface area is 107 Å². The predicted octanol–water partition coefficient (Wildman–Crippen LogP) is 3.67. The van der Waals surface area contributed by atoms with Crippen LogP contribution in [0.3, 0.4) is 0 Å². The standard InChI is InChI=1S/C12H10BrFN2O/c1-7-4-8(13)6-16-12(7)17-9-2-3-11(15)10(14)5-9/h2-6H,15H2,1H3. The highest BCUT2D eigenvalue weighted by atomic mass is 79.9. The molecule has 1 aromatic heterocycles. The molecule has 3 nitrogen and oxygen atoms in total. The zero-order valence-corrected chi connectivity index (χ0v) is 10.7. The van der Waals surface area contributed by atoms with E-state index in [1.54, 1.807) is 12.3 Å². The Balaban J connectivity index is 2.28. The van der Waals surface area contributed by atoms with Crippen molar-refractivity contribution in [3.63, 3.8) is 0 Å². The number of ether oxygens (including phenoxy) is 1. The van der Waals surface area contributed by atoms with E-state index in [4.69, 9.17) is 10.5 Å². The lowest BCUT2D eigenvalue weighted by atomic mass is 10.3. The van der Waals surface area contributed by atoms with Crippen molar-refractivity contribution in [1.82, 2.24) is 4.98 Å². The van der Waals surface area contributed by atoms with Crippen LogP contribution in [0.2, 0.25) is 0 Å². The first kappa shape index (κ1) is 11.9. The van der Waals surface area contributed by atoms with E-state index in [9.17, 15) is 4.39 Å². The van der Waals surface area contributed by atoms with Gasteiger partial charge in [0.2, 0.25) is 5.88 Å². The van der Waals surface area contributed by atoms with Gasteiger partial charge in [0, 0.05) is 22.3 Å². The van der Waals surface area contributed by atoms with E-state index in [1.807, 2.05) is 13.0 Å². The predicted molar refractivity (Wildman–Crippen MR) is 67.6 cm³/mol. The number of rotatable bonds is 2. The molecule has 0 saturated carbocycles. The molecule has 0 atom stereocenters. The molecule has 0 aliphatic heterocycles. The fourth-order valence-corrected chi connectivity index (χ4v) is 1.76. The molecule has 1 aromatic carbocycles. The second kappa shape index (κ2) is 4.71. The summed E-state index contributed by atoms with van der Waals surface area (Å²) in [6.07, 6.45) is 1.62. The van der Waals surface area contributed by atoms with Gasteiger partial charge in [-0.2, -0.15) is 0 Å². The van der Waals surface area contributed by atoms with Crippen LogP contribution in [0.1, 0.15) is 5.56 Å². The Morgan fingerprint density at radius 2 is 2.12 bits per heavy atom. The summed E-state index contributed by atoms with van der Waals surface area (Å²) in [5, 5.41) is 0. The van der Waals surface area contributed by atoms with Gasteiger partial charge in [-0.1, -0.05) is 0 Å². The summed E-state index contributed by atoms with van der Waals surface area (Å²) in [5.41, 5.74) is 6.33. The lowest BCUT2D eigenvalue weighted by molar-refractivity contribution is 0.454. The molecule has 0 saturated heterocycles. The maximum absolute atomic E-state index is 13.2. The van der Waals surface area contributed by atoms with Crippen molar-refractivity contribution in [2.45, 2.75) is 6.92 Å². The van der Waals surface area contributed by atoms with Gasteiger partial charge < -0.3 is 10.5 Å². The molecule has 0 amide bonds. The van der Waals surface area contributed by atoms with E-state index in [0.29, 0.717) is 11.6 Å². The summed E-state index contributed by atoms with van der Waals surface area (Å²) < 4.78 is 19.6. The molecule has 0 radical (unpaired) electrons. The normalized spacial score (nSPS) is 10.3. The lowest BCUT2D eigenvalue weighted by Gasteiger charge is -2.08. The zero-order chi connectivity index (χ0) is 12.4. The summed E-state index contributed by atoms with van der Waals surface area (Å²) in [7, 11) is 0. The summed E-state index contributed by atoms with van der Waals surface area (Å²) in [6, 6.07) is 6.16. The topological polar surface area (TPSA) is 48.1 Å². The number of nitrogens with two attached hydrogens (primary N) is 1. The van der Waals surface area contributed by atoms with Gasteiger partial charge in [-0.15, -0.1) is 0 Å². The highest BCUT2D eigenvalue weighted by molar-refractivity contribution is 9.10. The van der Waals surface area contributed by atoms with Gasteiger partial charge in [0.15, 0.2) is 0 Å². The van der Waals surface area contributed by atoms with Crippen molar-refractivity contribution in [3.05, 3.63) is 46.3 Å². The van der Waals surface area contributed by atoms with Crippen molar-refractivity contribution in [2.24, 2.45) is 0 Å². The number of pyridine rings is 1. The lowest BCUT2D eigenvalue weighted by Crippen LogP contribution is -1.94. The number of hydrogen-bond donors (Lipinski definition) is 1. The number of halogens is 2. The van der Waals surface area contributed by atoms with Crippen LogP contribution in [-0.4, -0.2) is 4.98 Å². The monoisotopic (exact) mass is 296 g/mol. The van der Waals surface area contributed by atoms with Crippen LogP contribution >= 0.6 is 15.9 Å². The van der Waals surface area contributed by atoms with Crippen molar-refractivity contribution in [1.29, 1.82) is 0 Å². The Hall–Kier alpha value is -1.62. The number of aromatic nitrogens is 1. The molecule has 5 heteroatoms. The van der Waals surface area contributed by atoms with Gasteiger partial charge in [0.1, 0.15) is 11.6 Å². The number of aryl methyl sites for hydroxylation is 1. The molecule has 0 aliphatic rings. The quantitative estimate of drug-likeness (QED) is 0.860. The van der Waals surface area contributed by atoms with Crippen molar-refractivity contribution >= 4 is 21.6 Å². The second-order valence-electron chi connectivity index (χ2n) is 3.56. The molecular weight excluding hydrogens is 287 g/mol. The van der Waals surface area contributed by atoms with Crippen LogP contribution in [0.4, 0.5) is 10.1 Å². The molecule has 88 valence electrons. The molecule has 2 aromatic rings. The van der Waals surface area contributed by atoms with Crippen LogP contribution < -0.4 is 10.5 Å². The molecule has 1 heterocycles. The Morgan fingerprint density at radius 1 is 1.35 bits per heavy atom. The van der Waals surface area contributed by atoms with Gasteiger partial charge in [-0.25, -0.2) is 9.37 Å². The van der Waals surface area contributed by atoms with Crippen molar-refractivity contribution < 1.29 is 9.13 Å². The zero-order valence-electron chi connectivity index (χ0n) is 9.08. The first-order valence-electron chi connectivity index (χ1n) is 4.91. The van der Waals surface area contributed by atoms with Gasteiger partial charge in [-0.05, 0) is 41.1 Å². The van der Waals surface area contributed by atoms with E-state index < -0.39 is 5.82 Å². The maximum atomic E-state index is 13.2. The summed E-state index contributed by atoms with van der Waals surface area (Å²) in [6.45, 7) is 1.86. The molecule has 0 unspecified atom stereocenters. The Kier molecular flexibility index (Phi) is 3.28. The minimum absolute atomic E-state index is 0.0952. The maximum Gasteiger partial charge on any atom is 0.222 e. The second-order valence-corrected chi connectivity index (χ2v) is 4.48. The highest BCUT2D eigenvalue weighted by Gasteiger charge is 2.06. The number of benzene rings is 1. The Morgan fingerprint density at radius 3 is 2.76 bits per heavy atom. The SMILES string of the molecule is Cc1cc(Br)cnc1Oc1ccc(N)c(F)c1. The van der Waals surface area contributed by atoms with Gasteiger partial charge >= 0.3 is 0 Å². The first-order valence-corrected chi connectivity index (χ1v) is 5.70. The number of nitrogen functional groups attached to an aromatic ring is 1. The third kappa shape index (κ3) is 2.74. The van der Waals surface area contributed by atoms with E-state index >= 15 is 0 Å². The molecule has 17 heavy (non-hydrogen) atoms.